The van der Waals surface area contributed by atoms with Crippen LogP contribution in [0.15, 0.2) is 66.9 Å². The van der Waals surface area contributed by atoms with Gasteiger partial charge in [-0.25, -0.2) is 4.98 Å². The number of rotatable bonds is 12. The molecule has 3 aliphatic rings. The van der Waals surface area contributed by atoms with Crippen LogP contribution in [-0.4, -0.2) is 85.2 Å². The second-order valence-corrected chi connectivity index (χ2v) is 12.8. The van der Waals surface area contributed by atoms with Crippen LogP contribution in [0.4, 0.5) is 0 Å². The molecule has 3 aromatic rings. The van der Waals surface area contributed by atoms with Gasteiger partial charge in [0, 0.05) is 54.2 Å². The standard InChI is InChI=1S/C35H39Cl2N5O6/c1-45-30-14-28(40-17-22(30)16-38-23-18-48-19-23)33(44)42-35(12-5-7-25(32(35)37)24-6-3-4-8-26(24)36)31-10-9-21(34(41-31)46-2)15-39-27-11-13-47-20-29(27)43/h3-10,12,14,17,23,27,29,32,38-39,43H,11,13,15-16,18-20H2,1-2H3,(H,42,44)/t27-,29-,32?,35?/m1/s1. The SMILES string of the molecule is COc1cc(C(=O)NC2(c3ccc(CN[C@@H]4CCOC[C@H]4O)c(OC)n3)C=CC=C(c3ccccc3Cl)C2Cl)ncc1CNC1COC1. The van der Waals surface area contributed by atoms with Gasteiger partial charge in [0.05, 0.1) is 57.3 Å². The summed E-state index contributed by atoms with van der Waals surface area (Å²) in [6.07, 6.45) is 7.25. The Labute approximate surface area is 289 Å². The lowest BCUT2D eigenvalue weighted by molar-refractivity contribution is -0.0281. The second kappa shape index (κ2) is 15.3. The van der Waals surface area contributed by atoms with Gasteiger partial charge in [0.25, 0.3) is 5.91 Å². The summed E-state index contributed by atoms with van der Waals surface area (Å²) in [5.74, 6) is 0.409. The number of hydrogen-bond acceptors (Lipinski definition) is 10. The van der Waals surface area contributed by atoms with Crippen molar-refractivity contribution in [3.63, 3.8) is 0 Å². The van der Waals surface area contributed by atoms with E-state index in [9.17, 15) is 9.90 Å². The third kappa shape index (κ3) is 7.23. The fourth-order valence-electron chi connectivity index (χ4n) is 6.01. The van der Waals surface area contributed by atoms with Crippen molar-refractivity contribution in [2.45, 2.75) is 48.6 Å². The summed E-state index contributed by atoms with van der Waals surface area (Å²) in [7, 11) is 3.10. The van der Waals surface area contributed by atoms with Crippen LogP contribution in [0, 0.1) is 0 Å². The van der Waals surface area contributed by atoms with E-state index in [1.165, 1.54) is 0 Å². The van der Waals surface area contributed by atoms with Crippen molar-refractivity contribution in [3.8, 4) is 11.6 Å². The average Bonchev–Trinajstić information content (AvgIpc) is 3.08. The van der Waals surface area contributed by atoms with Gasteiger partial charge in [0.1, 0.15) is 17.0 Å². The smallest absolute Gasteiger partial charge is 0.271 e. The first-order valence-corrected chi connectivity index (χ1v) is 16.6. The highest BCUT2D eigenvalue weighted by molar-refractivity contribution is 6.34. The van der Waals surface area contributed by atoms with E-state index < -0.39 is 22.9 Å². The van der Waals surface area contributed by atoms with Crippen LogP contribution < -0.4 is 25.4 Å². The maximum absolute atomic E-state index is 14.1. The van der Waals surface area contributed by atoms with E-state index in [2.05, 4.69) is 20.9 Å². The average molecular weight is 697 g/mol. The normalized spacial score (nSPS) is 24.0. The molecule has 0 radical (unpaired) electrons. The van der Waals surface area contributed by atoms with Crippen LogP contribution >= 0.6 is 23.2 Å². The number of carbonyl (C=O) groups is 1. The molecule has 1 amide bonds. The number of ether oxygens (including phenoxy) is 4. The largest absolute Gasteiger partial charge is 0.496 e. The summed E-state index contributed by atoms with van der Waals surface area (Å²) in [5.41, 5.74) is 2.30. The number of allylic oxidation sites excluding steroid dienone is 2. The number of aliphatic hydroxyl groups excluding tert-OH is 1. The summed E-state index contributed by atoms with van der Waals surface area (Å²) >= 11 is 14.0. The molecule has 2 aromatic heterocycles. The van der Waals surface area contributed by atoms with E-state index in [0.29, 0.717) is 67.3 Å². The molecule has 0 bridgehead atoms. The van der Waals surface area contributed by atoms with E-state index in [0.717, 1.165) is 16.7 Å². The highest BCUT2D eigenvalue weighted by Gasteiger charge is 2.45. The monoisotopic (exact) mass is 695 g/mol. The Balaban J connectivity index is 1.32. The summed E-state index contributed by atoms with van der Waals surface area (Å²) in [6, 6.07) is 12.9. The molecule has 6 rings (SSSR count). The number of nitrogens with zero attached hydrogens (tertiary/aromatic N) is 2. The molecule has 11 nitrogen and oxygen atoms in total. The number of amides is 1. The zero-order valence-corrected chi connectivity index (χ0v) is 28.3. The maximum atomic E-state index is 14.1. The molecule has 1 aliphatic carbocycles. The van der Waals surface area contributed by atoms with Crippen LogP contribution in [0.3, 0.4) is 0 Å². The summed E-state index contributed by atoms with van der Waals surface area (Å²) in [6.45, 7) is 3.10. The zero-order chi connectivity index (χ0) is 33.7. The Morgan fingerprint density at radius 2 is 1.88 bits per heavy atom. The first kappa shape index (κ1) is 34.3. The van der Waals surface area contributed by atoms with Crippen LogP contribution in [-0.2, 0) is 28.1 Å². The van der Waals surface area contributed by atoms with Gasteiger partial charge >= 0.3 is 0 Å². The molecule has 1 aromatic carbocycles. The number of nitrogens with one attached hydrogen (secondary N) is 3. The van der Waals surface area contributed by atoms with E-state index in [1.807, 2.05) is 48.6 Å². The van der Waals surface area contributed by atoms with Gasteiger partial charge in [-0.15, -0.1) is 11.6 Å². The van der Waals surface area contributed by atoms with E-state index in [-0.39, 0.29) is 24.4 Å². The summed E-state index contributed by atoms with van der Waals surface area (Å²) in [5, 5.41) is 20.0. The van der Waals surface area contributed by atoms with E-state index in [4.69, 9.17) is 47.1 Å². The first-order valence-electron chi connectivity index (χ1n) is 15.8. The minimum absolute atomic E-state index is 0.121. The Morgan fingerprint density at radius 1 is 1.06 bits per heavy atom. The number of carbonyl (C=O) groups excluding carboxylic acids is 1. The predicted octanol–water partition coefficient (Wildman–Crippen LogP) is 3.76. The van der Waals surface area contributed by atoms with Crippen molar-refractivity contribution in [2.75, 3.05) is 40.6 Å². The van der Waals surface area contributed by atoms with Gasteiger partial charge in [-0.3, -0.25) is 9.78 Å². The summed E-state index contributed by atoms with van der Waals surface area (Å²) in [4.78, 5) is 23.5. The molecule has 0 saturated carbocycles. The van der Waals surface area contributed by atoms with Crippen molar-refractivity contribution < 1.29 is 28.8 Å². The molecule has 254 valence electrons. The molecule has 4 N–H and O–H groups in total. The van der Waals surface area contributed by atoms with Crippen molar-refractivity contribution in [3.05, 3.63) is 100.0 Å². The lowest BCUT2D eigenvalue weighted by atomic mass is 9.80. The molecule has 2 saturated heterocycles. The Kier molecular flexibility index (Phi) is 11.0. The molecule has 2 aliphatic heterocycles. The first-order chi connectivity index (χ1) is 23.3. The maximum Gasteiger partial charge on any atom is 0.271 e. The molecule has 4 atom stereocenters. The van der Waals surface area contributed by atoms with E-state index >= 15 is 0 Å². The topological polar surface area (TPSA) is 136 Å². The zero-order valence-electron chi connectivity index (χ0n) is 26.7. The minimum atomic E-state index is -1.34. The predicted molar refractivity (Wildman–Crippen MR) is 182 cm³/mol. The van der Waals surface area contributed by atoms with Crippen LogP contribution in [0.25, 0.3) is 5.57 Å². The molecule has 48 heavy (non-hydrogen) atoms. The molecule has 4 heterocycles. The molecule has 2 fully saturated rings. The van der Waals surface area contributed by atoms with Gasteiger partial charge in [0.2, 0.25) is 5.88 Å². The number of benzene rings is 1. The third-order valence-electron chi connectivity index (χ3n) is 8.87. The van der Waals surface area contributed by atoms with Gasteiger partial charge in [-0.1, -0.05) is 54.1 Å². The lowest BCUT2D eigenvalue weighted by Crippen LogP contribution is -2.52. The summed E-state index contributed by atoms with van der Waals surface area (Å²) < 4.78 is 22.0. The molecular weight excluding hydrogens is 657 g/mol. The number of pyridine rings is 2. The quantitative estimate of drug-likeness (QED) is 0.208. The van der Waals surface area contributed by atoms with Crippen molar-refractivity contribution >= 4 is 34.7 Å². The second-order valence-electron chi connectivity index (χ2n) is 11.9. The Bertz CT molecular complexity index is 1680. The van der Waals surface area contributed by atoms with Crippen molar-refractivity contribution in [1.82, 2.24) is 25.9 Å². The van der Waals surface area contributed by atoms with Gasteiger partial charge in [-0.2, -0.15) is 0 Å². The number of alkyl halides is 1. The number of hydrogen-bond donors (Lipinski definition) is 4. The van der Waals surface area contributed by atoms with Crippen LogP contribution in [0.2, 0.25) is 5.02 Å². The van der Waals surface area contributed by atoms with Gasteiger partial charge < -0.3 is 40.0 Å². The highest BCUT2D eigenvalue weighted by atomic mass is 35.5. The number of aliphatic hydroxyl groups is 1. The lowest BCUT2D eigenvalue weighted by Gasteiger charge is -2.39. The van der Waals surface area contributed by atoms with Crippen molar-refractivity contribution in [1.29, 1.82) is 0 Å². The molecular formula is C35H39Cl2N5O6. The third-order valence-corrected chi connectivity index (χ3v) is 9.77. The Hall–Kier alpha value is -3.55. The number of methoxy groups -OCH3 is 2. The Morgan fingerprint density at radius 3 is 2.60 bits per heavy atom. The fourth-order valence-corrected chi connectivity index (χ4v) is 6.68. The van der Waals surface area contributed by atoms with Crippen molar-refractivity contribution in [2.24, 2.45) is 0 Å². The molecule has 0 spiro atoms. The van der Waals surface area contributed by atoms with Gasteiger partial charge in [0.15, 0.2) is 0 Å². The fraction of sp³-hybridized carbons (Fsp3) is 0.400. The van der Waals surface area contributed by atoms with Crippen LogP contribution in [0.1, 0.15) is 39.3 Å². The van der Waals surface area contributed by atoms with Gasteiger partial charge in [-0.05, 0) is 29.7 Å². The number of halogens is 2. The number of aromatic nitrogens is 2. The minimum Gasteiger partial charge on any atom is -0.496 e. The van der Waals surface area contributed by atoms with Crippen LogP contribution in [0.5, 0.6) is 11.6 Å². The highest BCUT2D eigenvalue weighted by Crippen LogP contribution is 2.43. The van der Waals surface area contributed by atoms with E-state index in [1.54, 1.807) is 32.5 Å². The molecule has 2 unspecified atom stereocenters. The molecule has 13 heteroatoms.